The Kier molecular flexibility index (Phi) is 6.17. The number of nitrogens with one attached hydrogen (secondary N) is 2. The van der Waals surface area contributed by atoms with E-state index < -0.39 is 0 Å². The van der Waals surface area contributed by atoms with E-state index in [1.165, 1.54) is 0 Å². The van der Waals surface area contributed by atoms with E-state index in [0.717, 1.165) is 5.56 Å². The molecule has 0 radical (unpaired) electrons. The van der Waals surface area contributed by atoms with Crippen LogP contribution in [0.3, 0.4) is 0 Å². The number of nitrogens with zero attached hydrogens (tertiary/aromatic N) is 2. The molecule has 0 saturated carbocycles. The molecule has 2 aromatic rings. The normalized spacial score (nSPS) is 13.3. The molecule has 1 heterocycles. The smallest absolute Gasteiger partial charge is 0.320 e. The Bertz CT molecular complexity index is 612. The van der Waals surface area contributed by atoms with Crippen LogP contribution in [0.25, 0.3) is 0 Å². The van der Waals surface area contributed by atoms with Crippen molar-refractivity contribution in [1.29, 1.82) is 0 Å². The first-order valence-electron chi connectivity index (χ1n) is 7.93. The van der Waals surface area contributed by atoms with E-state index in [1.54, 1.807) is 6.07 Å². The molecule has 2 unspecified atom stereocenters. The van der Waals surface area contributed by atoms with Crippen LogP contribution in [0.5, 0.6) is 0 Å². The highest BCUT2D eigenvalue weighted by Gasteiger charge is 2.10. The SMILES string of the molecule is CCC(O)CCNC(=O)Nc1ccn(C(C)c2ccccc2)n1. The Balaban J connectivity index is 1.86. The number of benzene rings is 1. The van der Waals surface area contributed by atoms with Gasteiger partial charge in [-0.25, -0.2) is 4.79 Å². The molecule has 0 aliphatic rings. The summed E-state index contributed by atoms with van der Waals surface area (Å²) in [5.41, 5.74) is 1.15. The molecular weight excluding hydrogens is 292 g/mol. The fraction of sp³-hybridized carbons (Fsp3) is 0.412. The lowest BCUT2D eigenvalue weighted by molar-refractivity contribution is 0.160. The van der Waals surface area contributed by atoms with Crippen molar-refractivity contribution in [2.45, 2.75) is 38.8 Å². The van der Waals surface area contributed by atoms with Gasteiger partial charge in [-0.15, -0.1) is 0 Å². The van der Waals surface area contributed by atoms with Crippen LogP contribution in [0, 0.1) is 0 Å². The minimum atomic E-state index is -0.374. The van der Waals surface area contributed by atoms with E-state index >= 15 is 0 Å². The van der Waals surface area contributed by atoms with Gasteiger partial charge >= 0.3 is 6.03 Å². The van der Waals surface area contributed by atoms with Crippen molar-refractivity contribution in [1.82, 2.24) is 15.1 Å². The maximum atomic E-state index is 11.8. The fourth-order valence-electron chi connectivity index (χ4n) is 2.22. The molecule has 6 nitrogen and oxygen atoms in total. The number of hydrogen-bond donors (Lipinski definition) is 3. The van der Waals surface area contributed by atoms with Gasteiger partial charge in [0, 0.05) is 18.8 Å². The summed E-state index contributed by atoms with van der Waals surface area (Å²) >= 11 is 0. The number of carbonyl (C=O) groups is 1. The minimum Gasteiger partial charge on any atom is -0.393 e. The molecule has 1 aromatic heterocycles. The second-order valence-corrected chi connectivity index (χ2v) is 5.50. The molecule has 0 bridgehead atoms. The number of aromatic nitrogens is 2. The number of aliphatic hydroxyl groups is 1. The minimum absolute atomic E-state index is 0.0921. The van der Waals surface area contributed by atoms with Crippen LogP contribution in [-0.4, -0.2) is 33.6 Å². The predicted octanol–water partition coefficient (Wildman–Crippen LogP) is 2.77. The molecule has 2 amide bonds. The highest BCUT2D eigenvalue weighted by atomic mass is 16.3. The molecule has 0 aliphatic carbocycles. The standard InChI is InChI=1S/C17H24N4O2/c1-3-15(22)9-11-18-17(23)19-16-10-12-21(20-16)13(2)14-7-5-4-6-8-14/h4-8,10,12-13,15,22H,3,9,11H2,1-2H3,(H2,18,19,20,23). The first-order valence-corrected chi connectivity index (χ1v) is 7.93. The predicted molar refractivity (Wildman–Crippen MR) is 90.4 cm³/mol. The lowest BCUT2D eigenvalue weighted by Crippen LogP contribution is -2.31. The van der Waals surface area contributed by atoms with Gasteiger partial charge in [0.1, 0.15) is 0 Å². The van der Waals surface area contributed by atoms with Crippen LogP contribution in [0.4, 0.5) is 10.6 Å². The molecule has 0 saturated heterocycles. The number of anilines is 1. The molecule has 1 aromatic carbocycles. The van der Waals surface area contributed by atoms with Crippen molar-refractivity contribution in [3.63, 3.8) is 0 Å². The van der Waals surface area contributed by atoms with Crippen LogP contribution in [-0.2, 0) is 0 Å². The van der Waals surface area contributed by atoms with E-state index in [0.29, 0.717) is 25.2 Å². The first-order chi connectivity index (χ1) is 11.1. The van der Waals surface area contributed by atoms with Gasteiger partial charge in [0.25, 0.3) is 0 Å². The van der Waals surface area contributed by atoms with Crippen molar-refractivity contribution in [2.75, 3.05) is 11.9 Å². The molecule has 2 atom stereocenters. The zero-order valence-corrected chi connectivity index (χ0v) is 13.6. The van der Waals surface area contributed by atoms with Crippen molar-refractivity contribution >= 4 is 11.8 Å². The topological polar surface area (TPSA) is 79.2 Å². The highest BCUT2D eigenvalue weighted by Crippen LogP contribution is 2.17. The number of hydrogen-bond acceptors (Lipinski definition) is 3. The molecule has 124 valence electrons. The molecule has 6 heteroatoms. The summed E-state index contributed by atoms with van der Waals surface area (Å²) in [4.78, 5) is 11.8. The maximum Gasteiger partial charge on any atom is 0.320 e. The van der Waals surface area contributed by atoms with Gasteiger partial charge in [0.2, 0.25) is 0 Å². The van der Waals surface area contributed by atoms with Crippen LogP contribution in [0.1, 0.15) is 38.3 Å². The Labute approximate surface area is 136 Å². The number of urea groups is 1. The third-order valence-electron chi connectivity index (χ3n) is 3.76. The monoisotopic (exact) mass is 316 g/mol. The lowest BCUT2D eigenvalue weighted by atomic mass is 10.1. The zero-order chi connectivity index (χ0) is 16.7. The van der Waals surface area contributed by atoms with Gasteiger partial charge in [0.05, 0.1) is 12.1 Å². The Hall–Kier alpha value is -2.34. The summed E-state index contributed by atoms with van der Waals surface area (Å²) in [7, 11) is 0. The molecule has 2 rings (SSSR count). The van der Waals surface area contributed by atoms with E-state index in [4.69, 9.17) is 0 Å². The number of carbonyl (C=O) groups excluding carboxylic acids is 1. The van der Waals surface area contributed by atoms with Crippen LogP contribution < -0.4 is 10.6 Å². The summed E-state index contributed by atoms with van der Waals surface area (Å²) < 4.78 is 1.81. The summed E-state index contributed by atoms with van der Waals surface area (Å²) in [5.74, 6) is 0.501. The van der Waals surface area contributed by atoms with Crippen molar-refractivity contribution in [2.24, 2.45) is 0 Å². The maximum absolute atomic E-state index is 11.8. The first kappa shape index (κ1) is 17.0. The van der Waals surface area contributed by atoms with Crippen molar-refractivity contribution in [3.05, 3.63) is 48.2 Å². The van der Waals surface area contributed by atoms with Crippen LogP contribution in [0.2, 0.25) is 0 Å². The molecule has 0 spiro atoms. The quantitative estimate of drug-likeness (QED) is 0.735. The molecule has 23 heavy (non-hydrogen) atoms. The van der Waals surface area contributed by atoms with E-state index in [9.17, 15) is 9.90 Å². The van der Waals surface area contributed by atoms with Crippen molar-refractivity contribution in [3.8, 4) is 0 Å². The lowest BCUT2D eigenvalue weighted by Gasteiger charge is -2.12. The number of aliphatic hydroxyl groups excluding tert-OH is 1. The van der Waals surface area contributed by atoms with E-state index in [2.05, 4.69) is 22.7 Å². The summed E-state index contributed by atoms with van der Waals surface area (Å²) in [5, 5.41) is 19.2. The second-order valence-electron chi connectivity index (χ2n) is 5.50. The van der Waals surface area contributed by atoms with Gasteiger partial charge in [-0.05, 0) is 25.3 Å². The molecular formula is C17H24N4O2. The summed E-state index contributed by atoms with van der Waals surface area (Å²) in [6, 6.07) is 11.6. The highest BCUT2D eigenvalue weighted by molar-refractivity contribution is 5.88. The average molecular weight is 316 g/mol. The summed E-state index contributed by atoms with van der Waals surface area (Å²) in [6.45, 7) is 4.39. The molecule has 0 fully saturated rings. The van der Waals surface area contributed by atoms with Crippen molar-refractivity contribution < 1.29 is 9.90 Å². The Morgan fingerprint density at radius 3 is 2.74 bits per heavy atom. The van der Waals surface area contributed by atoms with Crippen LogP contribution in [0.15, 0.2) is 42.6 Å². The van der Waals surface area contributed by atoms with E-state index in [1.807, 2.05) is 48.1 Å². The molecule has 3 N–H and O–H groups in total. The van der Waals surface area contributed by atoms with Crippen LogP contribution >= 0.6 is 0 Å². The van der Waals surface area contributed by atoms with Gasteiger partial charge in [-0.2, -0.15) is 5.10 Å². The summed E-state index contributed by atoms with van der Waals surface area (Å²) in [6.07, 6.45) is 2.70. The average Bonchev–Trinajstić information content (AvgIpc) is 3.03. The fourth-order valence-corrected chi connectivity index (χ4v) is 2.22. The molecule has 0 aliphatic heterocycles. The van der Waals surface area contributed by atoms with Gasteiger partial charge in [-0.3, -0.25) is 10.00 Å². The largest absolute Gasteiger partial charge is 0.393 e. The number of rotatable bonds is 7. The Morgan fingerprint density at radius 2 is 2.04 bits per heavy atom. The number of amides is 2. The van der Waals surface area contributed by atoms with Gasteiger partial charge in [-0.1, -0.05) is 37.3 Å². The zero-order valence-electron chi connectivity index (χ0n) is 13.6. The van der Waals surface area contributed by atoms with Gasteiger partial charge in [0.15, 0.2) is 5.82 Å². The second kappa shape index (κ2) is 8.33. The third kappa shape index (κ3) is 5.10. The Morgan fingerprint density at radius 1 is 1.30 bits per heavy atom. The van der Waals surface area contributed by atoms with E-state index in [-0.39, 0.29) is 18.2 Å². The third-order valence-corrected chi connectivity index (χ3v) is 3.76. The van der Waals surface area contributed by atoms with Gasteiger partial charge < -0.3 is 10.4 Å².